The molecule has 0 spiro atoms. The van der Waals surface area contributed by atoms with E-state index in [1.54, 1.807) is 36.4 Å². The molecule has 0 unspecified atom stereocenters. The molecule has 2 aliphatic carbocycles. The zero-order chi connectivity index (χ0) is 26.4. The van der Waals surface area contributed by atoms with E-state index in [4.69, 9.17) is 9.47 Å². The van der Waals surface area contributed by atoms with Crippen LogP contribution in [0.15, 0.2) is 78.9 Å². The number of esters is 1. The lowest BCUT2D eigenvalue weighted by Gasteiger charge is -2.28. The van der Waals surface area contributed by atoms with Crippen molar-refractivity contribution in [1.29, 1.82) is 0 Å². The third-order valence-corrected chi connectivity index (χ3v) is 8.35. The molecule has 192 valence electrons. The van der Waals surface area contributed by atoms with Gasteiger partial charge in [0.15, 0.2) is 12.4 Å². The minimum Gasteiger partial charge on any atom is -0.497 e. The first-order valence-corrected chi connectivity index (χ1v) is 12.8. The predicted molar refractivity (Wildman–Crippen MR) is 139 cm³/mol. The van der Waals surface area contributed by atoms with Crippen LogP contribution in [0.4, 0.5) is 5.69 Å². The van der Waals surface area contributed by atoms with Crippen molar-refractivity contribution < 1.29 is 28.7 Å². The third kappa shape index (κ3) is 3.99. The molecule has 2 saturated carbocycles. The fraction of sp³-hybridized carbons (Fsp3) is 0.290. The Morgan fingerprint density at radius 1 is 0.816 bits per heavy atom. The van der Waals surface area contributed by atoms with Crippen molar-refractivity contribution in [3.05, 3.63) is 95.6 Å². The molecule has 7 nitrogen and oxygen atoms in total. The van der Waals surface area contributed by atoms with Crippen molar-refractivity contribution in [3.8, 4) is 5.75 Å². The van der Waals surface area contributed by atoms with Crippen LogP contribution in [0.25, 0.3) is 0 Å². The Morgan fingerprint density at radius 2 is 1.47 bits per heavy atom. The number of ether oxygens (including phenoxy) is 2. The number of hydrogen-bond acceptors (Lipinski definition) is 6. The zero-order valence-corrected chi connectivity index (χ0v) is 20.9. The third-order valence-electron chi connectivity index (χ3n) is 8.35. The van der Waals surface area contributed by atoms with Gasteiger partial charge in [0.05, 0.1) is 30.2 Å². The van der Waals surface area contributed by atoms with Crippen LogP contribution in [0.2, 0.25) is 0 Å². The molecule has 5 atom stereocenters. The van der Waals surface area contributed by atoms with E-state index in [1.807, 2.05) is 18.2 Å². The van der Waals surface area contributed by atoms with Crippen LogP contribution in [0.1, 0.15) is 45.0 Å². The Morgan fingerprint density at radius 3 is 2.16 bits per heavy atom. The summed E-state index contributed by atoms with van der Waals surface area (Å²) in [4.78, 5) is 53.0. The van der Waals surface area contributed by atoms with Crippen molar-refractivity contribution in [2.75, 3.05) is 18.6 Å². The van der Waals surface area contributed by atoms with Crippen LogP contribution >= 0.6 is 0 Å². The van der Waals surface area contributed by atoms with E-state index in [0.29, 0.717) is 22.9 Å². The van der Waals surface area contributed by atoms with E-state index in [-0.39, 0.29) is 46.8 Å². The first-order valence-electron chi connectivity index (χ1n) is 12.8. The molecule has 3 fully saturated rings. The highest BCUT2D eigenvalue weighted by Gasteiger charge is 2.64. The summed E-state index contributed by atoms with van der Waals surface area (Å²) in [6, 6.07) is 23.0. The lowest BCUT2D eigenvalue weighted by Crippen LogP contribution is -2.33. The highest BCUT2D eigenvalue weighted by Crippen LogP contribution is 2.61. The van der Waals surface area contributed by atoms with Gasteiger partial charge in [-0.05, 0) is 84.7 Å². The van der Waals surface area contributed by atoms with Gasteiger partial charge in [-0.25, -0.2) is 4.79 Å². The standard InChI is InChI=1S/C31H27NO6/c1-37-23-13-9-19(10-14-23)26(33)17-38-31(36)20-7-11-22(12-8-20)32-29(34)27-21-15-24(18-5-3-2-4-6-18)25(16-21)28(27)30(32)35/h2-14,21,24-25,27-28H,15-17H2,1H3/t21-,24-,25-,27+,28+/m1/s1. The number of amides is 2. The Balaban J connectivity index is 1.12. The number of Topliss-reactive ketones (excluding diaryl/α,β-unsaturated/α-hetero) is 1. The SMILES string of the molecule is COc1ccc(C(=O)COC(=O)c2ccc(N3C(=O)[C@H]4[C@H]5C[C@@H]([C@@H]4C3=O)[C@@H](c3ccccc3)C5)cc2)cc1. The summed E-state index contributed by atoms with van der Waals surface area (Å²) in [6.07, 6.45) is 1.85. The molecule has 0 radical (unpaired) electrons. The van der Waals surface area contributed by atoms with Crippen LogP contribution in [0, 0.1) is 23.7 Å². The normalized spacial score (nSPS) is 25.4. The minimum atomic E-state index is -0.655. The molecular weight excluding hydrogens is 482 g/mol. The molecule has 6 rings (SSSR count). The largest absolute Gasteiger partial charge is 0.497 e. The number of hydrogen-bond donors (Lipinski definition) is 0. The van der Waals surface area contributed by atoms with Gasteiger partial charge < -0.3 is 9.47 Å². The maximum Gasteiger partial charge on any atom is 0.338 e. The first-order chi connectivity index (χ1) is 18.5. The summed E-state index contributed by atoms with van der Waals surface area (Å²) in [5.74, 6) is -0.508. The Labute approximate surface area is 220 Å². The number of ketones is 1. The predicted octanol–water partition coefficient (Wildman–Crippen LogP) is 4.66. The molecule has 0 aromatic heterocycles. The summed E-state index contributed by atoms with van der Waals surface area (Å²) in [5, 5.41) is 0. The van der Waals surface area contributed by atoms with Crippen LogP contribution < -0.4 is 9.64 Å². The van der Waals surface area contributed by atoms with E-state index >= 15 is 0 Å². The summed E-state index contributed by atoms with van der Waals surface area (Å²) in [7, 11) is 1.54. The molecule has 1 heterocycles. The number of nitrogens with zero attached hydrogens (tertiary/aromatic N) is 1. The second-order valence-corrected chi connectivity index (χ2v) is 10.3. The minimum absolute atomic E-state index is 0.139. The molecule has 0 N–H and O–H groups in total. The average molecular weight is 510 g/mol. The summed E-state index contributed by atoms with van der Waals surface area (Å²) < 4.78 is 10.3. The van der Waals surface area contributed by atoms with Gasteiger partial charge in [0, 0.05) is 5.56 Å². The molecule has 1 saturated heterocycles. The smallest absolute Gasteiger partial charge is 0.338 e. The zero-order valence-electron chi connectivity index (χ0n) is 20.9. The fourth-order valence-electron chi connectivity index (χ4n) is 6.62. The van der Waals surface area contributed by atoms with Crippen molar-refractivity contribution in [2.45, 2.75) is 18.8 Å². The maximum absolute atomic E-state index is 13.5. The van der Waals surface area contributed by atoms with E-state index < -0.39 is 12.6 Å². The number of benzene rings is 3. The van der Waals surface area contributed by atoms with Gasteiger partial charge in [-0.15, -0.1) is 0 Å². The second kappa shape index (κ2) is 9.56. The van der Waals surface area contributed by atoms with Gasteiger partial charge in [-0.2, -0.15) is 0 Å². The monoisotopic (exact) mass is 509 g/mol. The van der Waals surface area contributed by atoms with Crippen LogP contribution in [-0.4, -0.2) is 37.3 Å². The van der Waals surface area contributed by atoms with Crippen LogP contribution in [0.3, 0.4) is 0 Å². The molecule has 7 heteroatoms. The van der Waals surface area contributed by atoms with E-state index in [2.05, 4.69) is 12.1 Å². The van der Waals surface area contributed by atoms with Crippen molar-refractivity contribution in [3.63, 3.8) is 0 Å². The van der Waals surface area contributed by atoms with Gasteiger partial charge in [0.25, 0.3) is 0 Å². The fourth-order valence-corrected chi connectivity index (χ4v) is 6.62. The first kappa shape index (κ1) is 24.1. The molecule has 1 aliphatic heterocycles. The Bertz CT molecular complexity index is 1400. The van der Waals surface area contributed by atoms with Crippen molar-refractivity contribution >= 4 is 29.3 Å². The Hall–Kier alpha value is -4.26. The topological polar surface area (TPSA) is 90.0 Å². The number of anilines is 1. The molecule has 2 amide bonds. The number of imide groups is 1. The van der Waals surface area contributed by atoms with E-state index in [1.165, 1.54) is 29.7 Å². The molecule has 3 aromatic carbocycles. The van der Waals surface area contributed by atoms with Gasteiger partial charge >= 0.3 is 5.97 Å². The molecular formula is C31H27NO6. The highest BCUT2D eigenvalue weighted by molar-refractivity contribution is 6.22. The Kier molecular flexibility index (Phi) is 6.06. The van der Waals surface area contributed by atoms with Gasteiger partial charge in [-0.3, -0.25) is 19.3 Å². The second-order valence-electron chi connectivity index (χ2n) is 10.3. The summed E-state index contributed by atoms with van der Waals surface area (Å²) >= 11 is 0. The number of carbonyl (C=O) groups excluding carboxylic acids is 4. The number of fused-ring (bicyclic) bond motifs is 5. The van der Waals surface area contributed by atoms with Crippen molar-refractivity contribution in [2.24, 2.45) is 23.7 Å². The highest BCUT2D eigenvalue weighted by atomic mass is 16.5. The number of methoxy groups -OCH3 is 1. The van der Waals surface area contributed by atoms with Crippen LogP contribution in [0.5, 0.6) is 5.75 Å². The molecule has 3 aromatic rings. The maximum atomic E-state index is 13.5. The quantitative estimate of drug-likeness (QED) is 0.261. The van der Waals surface area contributed by atoms with E-state index in [9.17, 15) is 19.2 Å². The lowest BCUT2D eigenvalue weighted by molar-refractivity contribution is -0.123. The van der Waals surface area contributed by atoms with E-state index in [0.717, 1.165) is 12.8 Å². The van der Waals surface area contributed by atoms with Crippen molar-refractivity contribution in [1.82, 2.24) is 0 Å². The van der Waals surface area contributed by atoms with Gasteiger partial charge in [-0.1, -0.05) is 30.3 Å². The number of carbonyl (C=O) groups is 4. The van der Waals surface area contributed by atoms with Gasteiger partial charge in [0.2, 0.25) is 11.8 Å². The average Bonchev–Trinajstić information content (AvgIpc) is 3.63. The molecule has 38 heavy (non-hydrogen) atoms. The van der Waals surface area contributed by atoms with Crippen LogP contribution in [-0.2, 0) is 14.3 Å². The number of rotatable bonds is 7. The lowest BCUT2D eigenvalue weighted by atomic mass is 9.73. The molecule has 3 aliphatic rings. The molecule has 2 bridgehead atoms. The summed E-state index contributed by atoms with van der Waals surface area (Å²) in [6.45, 7) is -0.398. The van der Waals surface area contributed by atoms with Gasteiger partial charge in [0.1, 0.15) is 5.75 Å². The summed E-state index contributed by atoms with van der Waals surface area (Å²) in [5.41, 5.74) is 2.34.